The van der Waals surface area contributed by atoms with Crippen molar-refractivity contribution in [3.63, 3.8) is 0 Å². The first-order valence-corrected chi connectivity index (χ1v) is 12.2. The number of rotatable bonds is 7. The van der Waals surface area contributed by atoms with Crippen LogP contribution in [0.15, 0.2) is 57.5 Å². The number of alkyl halides is 3. The van der Waals surface area contributed by atoms with Crippen LogP contribution < -0.4 is 15.4 Å². The number of halogens is 4. The van der Waals surface area contributed by atoms with E-state index in [-0.39, 0.29) is 10.6 Å². The fourth-order valence-electron chi connectivity index (χ4n) is 3.72. The molecule has 2 aromatic carbocycles. The second kappa shape index (κ2) is 11.7. The lowest BCUT2D eigenvalue weighted by molar-refractivity contribution is -0.150. The van der Waals surface area contributed by atoms with Gasteiger partial charge in [-0.05, 0) is 45.8 Å². The molecule has 0 bridgehead atoms. The quantitative estimate of drug-likeness (QED) is 0.354. The van der Waals surface area contributed by atoms with Gasteiger partial charge in [-0.15, -0.1) is 0 Å². The lowest BCUT2D eigenvalue weighted by Gasteiger charge is -2.31. The first-order valence-electron chi connectivity index (χ1n) is 10.5. The summed E-state index contributed by atoms with van der Waals surface area (Å²) in [6, 6.07) is 11.3. The molecule has 13 heteroatoms. The molecule has 0 aromatic heterocycles. The number of thioether (sulfide) groups is 1. The number of hydrogen-bond acceptors (Lipinski definition) is 7. The van der Waals surface area contributed by atoms with Gasteiger partial charge in [0.05, 0.1) is 52.4 Å². The van der Waals surface area contributed by atoms with E-state index < -0.39 is 52.8 Å². The van der Waals surface area contributed by atoms with Crippen molar-refractivity contribution in [2.24, 2.45) is 5.92 Å². The van der Waals surface area contributed by atoms with Gasteiger partial charge in [0.2, 0.25) is 11.8 Å². The largest absolute Gasteiger partial charge is 0.496 e. The number of benzene rings is 2. The van der Waals surface area contributed by atoms with Gasteiger partial charge < -0.3 is 20.1 Å². The number of carbonyl (C=O) groups is 3. The van der Waals surface area contributed by atoms with Gasteiger partial charge in [-0.1, -0.05) is 30.0 Å². The highest BCUT2D eigenvalue weighted by Gasteiger charge is 2.44. The molecule has 0 saturated heterocycles. The number of esters is 1. The Kier molecular flexibility index (Phi) is 8.88. The number of nitrogens with one attached hydrogen (secondary N) is 2. The Balaban J connectivity index is 1.93. The van der Waals surface area contributed by atoms with Crippen molar-refractivity contribution in [3.05, 3.63) is 68.7 Å². The van der Waals surface area contributed by atoms with E-state index in [1.165, 1.54) is 19.2 Å². The highest BCUT2D eigenvalue weighted by Crippen LogP contribution is 2.42. The van der Waals surface area contributed by atoms with Gasteiger partial charge in [0, 0.05) is 5.92 Å². The van der Waals surface area contributed by atoms with Gasteiger partial charge in [-0.3, -0.25) is 14.4 Å². The fourth-order valence-corrected chi connectivity index (χ4v) is 5.13. The Morgan fingerprint density at radius 2 is 1.92 bits per heavy atom. The van der Waals surface area contributed by atoms with E-state index in [0.717, 1.165) is 31.0 Å². The van der Waals surface area contributed by atoms with Gasteiger partial charge in [-0.25, -0.2) is 0 Å². The molecule has 37 heavy (non-hydrogen) atoms. The van der Waals surface area contributed by atoms with E-state index in [9.17, 15) is 32.8 Å². The Labute approximate surface area is 222 Å². The van der Waals surface area contributed by atoms with Crippen LogP contribution in [0.1, 0.15) is 17.0 Å². The predicted octanol–water partition coefficient (Wildman–Crippen LogP) is 4.59. The number of nitriles is 1. The first-order chi connectivity index (χ1) is 17.5. The number of methoxy groups -OCH3 is 2. The summed E-state index contributed by atoms with van der Waals surface area (Å²) < 4.78 is 50.2. The molecule has 0 saturated carbocycles. The highest BCUT2D eigenvalue weighted by atomic mass is 79.9. The van der Waals surface area contributed by atoms with Crippen LogP contribution in [-0.4, -0.2) is 37.8 Å². The number of allylic oxidation sites excluding steroid dienone is 1. The first kappa shape index (κ1) is 28.1. The van der Waals surface area contributed by atoms with Crippen LogP contribution in [0.25, 0.3) is 0 Å². The van der Waals surface area contributed by atoms with Gasteiger partial charge in [0.1, 0.15) is 11.7 Å². The molecule has 0 spiro atoms. The summed E-state index contributed by atoms with van der Waals surface area (Å²) in [6.07, 6.45) is -4.67. The minimum Gasteiger partial charge on any atom is -0.496 e. The molecule has 3 rings (SSSR count). The summed E-state index contributed by atoms with van der Waals surface area (Å²) >= 11 is 4.09. The third-order valence-corrected chi connectivity index (χ3v) is 7.01. The number of anilines is 1. The highest BCUT2D eigenvalue weighted by molar-refractivity contribution is 9.10. The van der Waals surface area contributed by atoms with Crippen molar-refractivity contribution in [2.45, 2.75) is 12.1 Å². The zero-order valence-electron chi connectivity index (χ0n) is 19.3. The molecule has 1 aliphatic rings. The summed E-state index contributed by atoms with van der Waals surface area (Å²) in [5.41, 5.74) is -1.02. The zero-order chi connectivity index (χ0) is 27.3. The monoisotopic (exact) mass is 597 g/mol. The smallest absolute Gasteiger partial charge is 0.418 e. The summed E-state index contributed by atoms with van der Waals surface area (Å²) in [7, 11) is 2.57. The second-order valence-corrected chi connectivity index (χ2v) is 9.44. The summed E-state index contributed by atoms with van der Waals surface area (Å²) in [6.45, 7) is 0. The number of nitrogens with zero attached hydrogens (tertiary/aromatic N) is 1. The average Bonchev–Trinajstić information content (AvgIpc) is 2.86. The van der Waals surface area contributed by atoms with E-state index in [1.54, 1.807) is 18.2 Å². The normalized spacial score (nSPS) is 17.5. The van der Waals surface area contributed by atoms with Crippen molar-refractivity contribution in [2.75, 3.05) is 25.3 Å². The summed E-state index contributed by atoms with van der Waals surface area (Å²) in [4.78, 5) is 37.9. The van der Waals surface area contributed by atoms with Crippen LogP contribution in [-0.2, 0) is 25.3 Å². The van der Waals surface area contributed by atoms with Crippen molar-refractivity contribution in [1.82, 2.24) is 5.32 Å². The number of amides is 2. The molecule has 2 amide bonds. The maximum absolute atomic E-state index is 13.2. The predicted molar refractivity (Wildman–Crippen MR) is 132 cm³/mol. The lowest BCUT2D eigenvalue weighted by atomic mass is 9.78. The van der Waals surface area contributed by atoms with E-state index >= 15 is 0 Å². The average molecular weight is 598 g/mol. The second-order valence-electron chi connectivity index (χ2n) is 7.60. The van der Waals surface area contributed by atoms with E-state index in [4.69, 9.17) is 9.47 Å². The summed E-state index contributed by atoms with van der Waals surface area (Å²) in [5.74, 6) is -4.80. The van der Waals surface area contributed by atoms with E-state index in [1.807, 2.05) is 6.07 Å². The molecular formula is C24H19BrF3N3O5S. The van der Waals surface area contributed by atoms with Gasteiger partial charge in [-0.2, -0.15) is 18.4 Å². The molecule has 1 heterocycles. The molecule has 0 unspecified atom stereocenters. The molecule has 0 radical (unpaired) electrons. The number of hydrogen-bond donors (Lipinski definition) is 2. The zero-order valence-corrected chi connectivity index (χ0v) is 21.7. The van der Waals surface area contributed by atoms with E-state index in [2.05, 4.69) is 26.6 Å². The van der Waals surface area contributed by atoms with Crippen LogP contribution in [0, 0.1) is 17.2 Å². The van der Waals surface area contributed by atoms with Crippen LogP contribution in [0.5, 0.6) is 5.75 Å². The van der Waals surface area contributed by atoms with Crippen molar-refractivity contribution in [1.29, 1.82) is 5.26 Å². The SMILES string of the molecule is COC(=O)[C@@H]1C(=O)NC(SCC(=O)Nc2ccccc2C(F)(F)F)=C(C#N)[C@H]1c1ccc(OC)c(Br)c1. The third-order valence-electron chi connectivity index (χ3n) is 5.37. The lowest BCUT2D eigenvalue weighted by Crippen LogP contribution is -2.44. The molecule has 2 atom stereocenters. The number of ether oxygens (including phenoxy) is 2. The third kappa shape index (κ3) is 6.26. The summed E-state index contributed by atoms with van der Waals surface area (Å²) in [5, 5.41) is 14.6. The van der Waals surface area contributed by atoms with Crippen molar-refractivity contribution >= 4 is 51.2 Å². The van der Waals surface area contributed by atoms with Crippen LogP contribution in [0.2, 0.25) is 0 Å². The molecule has 1 aliphatic heterocycles. The Morgan fingerprint density at radius 3 is 2.51 bits per heavy atom. The molecule has 2 N–H and O–H groups in total. The maximum Gasteiger partial charge on any atom is 0.418 e. The standard InChI is InChI=1S/C24H19BrF3N3O5S/c1-35-17-8-7-12(9-15(17)25)19-13(10-29)22(31-21(33)20(19)23(34)36-2)37-11-18(32)30-16-6-4-3-5-14(16)24(26,27)28/h3-9,19-20H,11H2,1-2H3,(H,30,32)(H,31,33)/t19-,20+/m1/s1. The van der Waals surface area contributed by atoms with Crippen LogP contribution in [0.3, 0.4) is 0 Å². The van der Waals surface area contributed by atoms with Crippen LogP contribution in [0.4, 0.5) is 18.9 Å². The molecule has 0 fully saturated rings. The topological polar surface area (TPSA) is 118 Å². The Hall–Kier alpha value is -3.50. The molecule has 2 aromatic rings. The Morgan fingerprint density at radius 1 is 1.22 bits per heavy atom. The molecule has 8 nitrogen and oxygen atoms in total. The molecule has 194 valence electrons. The fraction of sp³-hybridized carbons (Fsp3) is 0.250. The van der Waals surface area contributed by atoms with Gasteiger partial charge in [0.25, 0.3) is 0 Å². The maximum atomic E-state index is 13.2. The molecule has 0 aliphatic carbocycles. The number of para-hydroxylation sites is 1. The van der Waals surface area contributed by atoms with Crippen LogP contribution >= 0.6 is 27.7 Å². The minimum absolute atomic E-state index is 0.00356. The van der Waals surface area contributed by atoms with Crippen molar-refractivity contribution in [3.8, 4) is 11.8 Å². The number of carbonyl (C=O) groups excluding carboxylic acids is 3. The minimum atomic E-state index is -4.67. The molecular weight excluding hydrogens is 579 g/mol. The Bertz CT molecular complexity index is 1310. The van der Waals surface area contributed by atoms with Gasteiger partial charge in [0.15, 0.2) is 0 Å². The van der Waals surface area contributed by atoms with Gasteiger partial charge >= 0.3 is 12.1 Å². The van der Waals surface area contributed by atoms with E-state index in [0.29, 0.717) is 15.8 Å². The van der Waals surface area contributed by atoms with Crippen molar-refractivity contribution < 1.29 is 37.0 Å².